The number of methoxy groups -OCH3 is 1. The van der Waals surface area contributed by atoms with Crippen molar-refractivity contribution in [3.63, 3.8) is 0 Å². The van der Waals surface area contributed by atoms with Gasteiger partial charge in [0.1, 0.15) is 0 Å². The molecule has 4 nitrogen and oxygen atoms in total. The second-order valence-corrected chi connectivity index (χ2v) is 4.65. The lowest BCUT2D eigenvalue weighted by molar-refractivity contribution is -0.136. The van der Waals surface area contributed by atoms with E-state index in [1.807, 2.05) is 13.8 Å². The molecule has 0 aromatic rings. The molecule has 1 N–H and O–H groups in total. The number of imide groups is 1. The van der Waals surface area contributed by atoms with Crippen LogP contribution in [0.25, 0.3) is 0 Å². The number of carbonyl (C=O) groups excluding carboxylic acids is 2. The molecule has 0 radical (unpaired) electrons. The average molecular weight is 213 g/mol. The van der Waals surface area contributed by atoms with E-state index < -0.39 is 0 Å². The van der Waals surface area contributed by atoms with Crippen LogP contribution < -0.4 is 5.32 Å². The first-order chi connectivity index (χ1) is 6.94. The molecule has 0 bridgehead atoms. The van der Waals surface area contributed by atoms with Crippen molar-refractivity contribution < 1.29 is 14.3 Å². The van der Waals surface area contributed by atoms with Crippen molar-refractivity contribution in [3.05, 3.63) is 0 Å². The Labute approximate surface area is 90.4 Å². The second-order valence-electron chi connectivity index (χ2n) is 4.65. The monoisotopic (exact) mass is 213 g/mol. The zero-order chi connectivity index (χ0) is 11.5. The molecule has 15 heavy (non-hydrogen) atoms. The summed E-state index contributed by atoms with van der Waals surface area (Å²) < 4.78 is 5.29. The van der Waals surface area contributed by atoms with E-state index in [4.69, 9.17) is 4.74 Å². The predicted octanol–water partition coefficient (Wildman–Crippen LogP) is 1.24. The largest absolute Gasteiger partial charge is 0.379 e. The fraction of sp³-hybridized carbons (Fsp3) is 0.818. The molecule has 1 rings (SSSR count). The molecule has 0 aromatic heterocycles. The highest BCUT2D eigenvalue weighted by atomic mass is 16.5. The number of nitrogens with one attached hydrogen (secondary N) is 1. The van der Waals surface area contributed by atoms with Gasteiger partial charge >= 0.3 is 0 Å². The molecule has 1 saturated heterocycles. The predicted molar refractivity (Wildman–Crippen MR) is 56.2 cm³/mol. The molecule has 1 unspecified atom stereocenters. The second kappa shape index (κ2) is 4.75. The van der Waals surface area contributed by atoms with Gasteiger partial charge in [0, 0.05) is 19.4 Å². The number of hydrogen-bond acceptors (Lipinski definition) is 3. The molecule has 1 atom stereocenters. The summed E-state index contributed by atoms with van der Waals surface area (Å²) in [6.45, 7) is 4.00. The van der Waals surface area contributed by atoms with Gasteiger partial charge in [-0.25, -0.2) is 0 Å². The molecule has 1 fully saturated rings. The van der Waals surface area contributed by atoms with E-state index in [1.54, 1.807) is 7.11 Å². The lowest BCUT2D eigenvalue weighted by Crippen LogP contribution is -2.41. The van der Waals surface area contributed by atoms with Gasteiger partial charge in [0.25, 0.3) is 0 Å². The Kier molecular flexibility index (Phi) is 3.85. The van der Waals surface area contributed by atoms with E-state index in [9.17, 15) is 9.59 Å². The maximum absolute atomic E-state index is 11.4. The number of ether oxygens (including phenoxy) is 1. The summed E-state index contributed by atoms with van der Waals surface area (Å²) in [5.74, 6) is -0.308. The highest BCUT2D eigenvalue weighted by molar-refractivity contribution is 5.98. The van der Waals surface area contributed by atoms with Gasteiger partial charge in [-0.2, -0.15) is 0 Å². The molecule has 0 saturated carbocycles. The minimum atomic E-state index is -0.193. The lowest BCUT2D eigenvalue weighted by atomic mass is 9.89. The minimum absolute atomic E-state index is 0.0304. The van der Waals surface area contributed by atoms with E-state index in [0.717, 1.165) is 12.8 Å². The van der Waals surface area contributed by atoms with Crippen LogP contribution in [0, 0.1) is 5.92 Å². The van der Waals surface area contributed by atoms with Crippen molar-refractivity contribution in [3.8, 4) is 0 Å². The highest BCUT2D eigenvalue weighted by Gasteiger charge is 2.28. The van der Waals surface area contributed by atoms with Crippen molar-refractivity contribution in [2.45, 2.75) is 45.1 Å². The third kappa shape index (κ3) is 3.63. The maximum atomic E-state index is 11.4. The van der Waals surface area contributed by atoms with Gasteiger partial charge in [0.2, 0.25) is 11.8 Å². The van der Waals surface area contributed by atoms with E-state index in [1.165, 1.54) is 0 Å². The summed E-state index contributed by atoms with van der Waals surface area (Å²) >= 11 is 0. The van der Waals surface area contributed by atoms with Crippen LogP contribution in [-0.4, -0.2) is 24.5 Å². The molecular formula is C11H19NO3. The molecule has 1 aliphatic heterocycles. The minimum Gasteiger partial charge on any atom is -0.379 e. The Hall–Kier alpha value is -0.900. The first-order valence-electron chi connectivity index (χ1n) is 5.33. The van der Waals surface area contributed by atoms with Crippen LogP contribution in [0.2, 0.25) is 0 Å². The van der Waals surface area contributed by atoms with Gasteiger partial charge in [-0.3, -0.25) is 14.9 Å². The van der Waals surface area contributed by atoms with Gasteiger partial charge < -0.3 is 4.74 Å². The first kappa shape index (κ1) is 12.2. The van der Waals surface area contributed by atoms with Crippen LogP contribution in [0.15, 0.2) is 0 Å². The zero-order valence-electron chi connectivity index (χ0n) is 9.63. The summed E-state index contributed by atoms with van der Waals surface area (Å²) in [4.78, 5) is 22.4. The van der Waals surface area contributed by atoms with Crippen LogP contribution in [-0.2, 0) is 14.3 Å². The summed E-state index contributed by atoms with van der Waals surface area (Å²) in [7, 11) is 1.67. The molecule has 4 heteroatoms. The van der Waals surface area contributed by atoms with Crippen LogP contribution in [0.5, 0.6) is 0 Å². The lowest BCUT2D eigenvalue weighted by Gasteiger charge is -2.26. The fourth-order valence-electron chi connectivity index (χ4n) is 1.64. The maximum Gasteiger partial charge on any atom is 0.229 e. The van der Waals surface area contributed by atoms with Crippen molar-refractivity contribution in [1.29, 1.82) is 0 Å². The molecule has 0 aromatic carbocycles. The molecule has 1 aliphatic rings. The Morgan fingerprint density at radius 1 is 1.47 bits per heavy atom. The van der Waals surface area contributed by atoms with Gasteiger partial charge in [-0.15, -0.1) is 0 Å². The van der Waals surface area contributed by atoms with Gasteiger partial charge in [0.15, 0.2) is 0 Å². The normalized spacial score (nSPS) is 22.7. The average Bonchev–Trinajstić information content (AvgIpc) is 2.16. The Balaban J connectivity index is 2.39. The van der Waals surface area contributed by atoms with E-state index in [2.05, 4.69) is 5.32 Å². The zero-order valence-corrected chi connectivity index (χ0v) is 9.63. The molecule has 86 valence electrons. The standard InChI is InChI=1S/C11H19NO3/c1-11(2,15-3)7-6-8-4-5-9(13)12-10(8)14/h8H,4-7H2,1-3H3,(H,12,13,14). The smallest absolute Gasteiger partial charge is 0.229 e. The van der Waals surface area contributed by atoms with Gasteiger partial charge in [-0.05, 0) is 33.1 Å². The summed E-state index contributed by atoms with van der Waals surface area (Å²) in [5, 5.41) is 2.36. The molecule has 0 spiro atoms. The quantitative estimate of drug-likeness (QED) is 0.715. The molecule has 2 amide bonds. The van der Waals surface area contributed by atoms with Crippen LogP contribution in [0.3, 0.4) is 0 Å². The number of amides is 2. The SMILES string of the molecule is COC(C)(C)CCC1CCC(=O)NC1=O. The number of hydrogen-bond donors (Lipinski definition) is 1. The van der Waals surface area contributed by atoms with Crippen molar-refractivity contribution in [2.24, 2.45) is 5.92 Å². The van der Waals surface area contributed by atoms with Crippen LogP contribution >= 0.6 is 0 Å². The molecule has 0 aliphatic carbocycles. The summed E-state index contributed by atoms with van der Waals surface area (Å²) in [6.07, 6.45) is 2.74. The number of piperidine rings is 1. The van der Waals surface area contributed by atoms with E-state index in [0.29, 0.717) is 12.8 Å². The van der Waals surface area contributed by atoms with Crippen molar-refractivity contribution >= 4 is 11.8 Å². The van der Waals surface area contributed by atoms with E-state index >= 15 is 0 Å². The molecule has 1 heterocycles. The summed E-state index contributed by atoms with van der Waals surface area (Å²) in [6, 6.07) is 0. The number of rotatable bonds is 4. The van der Waals surface area contributed by atoms with Crippen molar-refractivity contribution in [1.82, 2.24) is 5.32 Å². The topological polar surface area (TPSA) is 55.4 Å². The highest BCUT2D eigenvalue weighted by Crippen LogP contribution is 2.23. The van der Waals surface area contributed by atoms with Crippen LogP contribution in [0.1, 0.15) is 39.5 Å². The third-order valence-electron chi connectivity index (χ3n) is 3.00. The Morgan fingerprint density at radius 2 is 2.13 bits per heavy atom. The fourth-order valence-corrected chi connectivity index (χ4v) is 1.64. The third-order valence-corrected chi connectivity index (χ3v) is 3.00. The van der Waals surface area contributed by atoms with Gasteiger partial charge in [0.05, 0.1) is 5.60 Å². The first-order valence-corrected chi connectivity index (χ1v) is 5.33. The van der Waals surface area contributed by atoms with Crippen LogP contribution in [0.4, 0.5) is 0 Å². The molecular weight excluding hydrogens is 194 g/mol. The van der Waals surface area contributed by atoms with E-state index in [-0.39, 0.29) is 23.3 Å². The van der Waals surface area contributed by atoms with Gasteiger partial charge in [-0.1, -0.05) is 0 Å². The Bertz CT molecular complexity index is 261. The van der Waals surface area contributed by atoms with Crippen molar-refractivity contribution in [2.75, 3.05) is 7.11 Å². The Morgan fingerprint density at radius 3 is 2.67 bits per heavy atom. The summed E-state index contributed by atoms with van der Waals surface area (Å²) in [5.41, 5.74) is -0.193. The number of carbonyl (C=O) groups is 2.